The molecular weight excluding hydrogens is 138 g/mol. The van der Waals surface area contributed by atoms with E-state index in [1.54, 1.807) is 18.2 Å². The first-order valence-electron chi connectivity index (χ1n) is 3.84. The Hall–Kier alpha value is -1.18. The van der Waals surface area contributed by atoms with Gasteiger partial charge in [-0.15, -0.1) is 0 Å². The lowest BCUT2D eigenvalue weighted by Gasteiger charge is -2.02. The van der Waals surface area contributed by atoms with Crippen LogP contribution >= 0.6 is 0 Å². The third-order valence-electron chi connectivity index (χ3n) is 1.41. The number of rotatable bonds is 3. The van der Waals surface area contributed by atoms with E-state index < -0.39 is 0 Å². The first-order chi connectivity index (χ1) is 5.33. The van der Waals surface area contributed by atoms with Crippen LogP contribution in [0.25, 0.3) is 0 Å². The fourth-order valence-corrected chi connectivity index (χ4v) is 0.875. The van der Waals surface area contributed by atoms with Crippen LogP contribution in [0, 0.1) is 0 Å². The van der Waals surface area contributed by atoms with Gasteiger partial charge in [0.1, 0.15) is 0 Å². The lowest BCUT2D eigenvalue weighted by molar-refractivity contribution is 0.355. The van der Waals surface area contributed by atoms with Gasteiger partial charge in [-0.05, 0) is 18.6 Å². The Balaban J connectivity index is 2.56. The van der Waals surface area contributed by atoms with Crippen LogP contribution in [0.15, 0.2) is 24.3 Å². The molecule has 1 radical (unpaired) electrons. The molecule has 0 fully saturated rings. The van der Waals surface area contributed by atoms with Crippen LogP contribution in [0.4, 0.5) is 5.69 Å². The summed E-state index contributed by atoms with van der Waals surface area (Å²) >= 11 is 0. The number of hydrogen-bond acceptors (Lipinski definition) is 1. The molecule has 0 aliphatic carbocycles. The SMILES string of the molecule is CCCNc1cccc([O])c1. The highest BCUT2D eigenvalue weighted by atomic mass is 16.3. The molecular formula is C9H12NO. The second-order valence-corrected chi connectivity index (χ2v) is 2.45. The monoisotopic (exact) mass is 150 g/mol. The second kappa shape index (κ2) is 3.86. The molecule has 0 aliphatic rings. The van der Waals surface area contributed by atoms with Crippen molar-refractivity contribution in [3.05, 3.63) is 24.3 Å². The van der Waals surface area contributed by atoms with Crippen molar-refractivity contribution in [1.29, 1.82) is 0 Å². The van der Waals surface area contributed by atoms with Crippen LogP contribution in [0.1, 0.15) is 13.3 Å². The van der Waals surface area contributed by atoms with Gasteiger partial charge in [0, 0.05) is 18.3 Å². The van der Waals surface area contributed by atoms with E-state index in [1.807, 2.05) is 6.07 Å². The van der Waals surface area contributed by atoms with Gasteiger partial charge in [0.05, 0.1) is 0 Å². The molecule has 0 saturated heterocycles. The molecule has 0 spiro atoms. The molecule has 1 aromatic carbocycles. The molecule has 0 aromatic heterocycles. The molecule has 0 amide bonds. The summed E-state index contributed by atoms with van der Waals surface area (Å²) in [7, 11) is 0. The molecule has 59 valence electrons. The predicted octanol–water partition coefficient (Wildman–Crippen LogP) is 2.65. The highest BCUT2D eigenvalue weighted by molar-refractivity contribution is 5.47. The summed E-state index contributed by atoms with van der Waals surface area (Å²) < 4.78 is 0. The average molecular weight is 150 g/mol. The Morgan fingerprint density at radius 1 is 1.45 bits per heavy atom. The molecule has 1 N–H and O–H groups in total. The number of anilines is 1. The van der Waals surface area contributed by atoms with Gasteiger partial charge >= 0.3 is 0 Å². The summed E-state index contributed by atoms with van der Waals surface area (Å²) in [5.41, 5.74) is 0.916. The van der Waals surface area contributed by atoms with Gasteiger partial charge in [0.15, 0.2) is 5.75 Å². The molecule has 0 bridgehead atoms. The van der Waals surface area contributed by atoms with E-state index >= 15 is 0 Å². The summed E-state index contributed by atoms with van der Waals surface area (Å²) in [6.45, 7) is 3.01. The highest BCUT2D eigenvalue weighted by Gasteiger charge is 1.92. The van der Waals surface area contributed by atoms with Gasteiger partial charge in [-0.3, -0.25) is 5.11 Å². The fourth-order valence-electron chi connectivity index (χ4n) is 0.875. The zero-order chi connectivity index (χ0) is 8.10. The van der Waals surface area contributed by atoms with Crippen molar-refractivity contribution in [2.24, 2.45) is 0 Å². The minimum atomic E-state index is 0.0612. The van der Waals surface area contributed by atoms with E-state index in [-0.39, 0.29) is 5.75 Å². The Morgan fingerprint density at radius 3 is 2.91 bits per heavy atom. The normalized spacial score (nSPS) is 9.55. The first-order valence-corrected chi connectivity index (χ1v) is 3.84. The summed E-state index contributed by atoms with van der Waals surface area (Å²) in [4.78, 5) is 0. The third-order valence-corrected chi connectivity index (χ3v) is 1.41. The lowest BCUT2D eigenvalue weighted by Crippen LogP contribution is -1.98. The molecule has 0 saturated carbocycles. The molecule has 0 atom stereocenters. The minimum Gasteiger partial charge on any atom is -0.385 e. The topological polar surface area (TPSA) is 31.9 Å². The van der Waals surface area contributed by atoms with E-state index in [2.05, 4.69) is 12.2 Å². The average Bonchev–Trinajstić information content (AvgIpc) is 2.01. The summed E-state index contributed by atoms with van der Waals surface area (Å²) in [6, 6.07) is 6.82. The van der Waals surface area contributed by atoms with Crippen LogP contribution in [0.2, 0.25) is 0 Å². The molecule has 1 aromatic rings. The van der Waals surface area contributed by atoms with E-state index in [1.165, 1.54) is 0 Å². The number of benzene rings is 1. The molecule has 0 unspecified atom stereocenters. The van der Waals surface area contributed by atoms with Gasteiger partial charge < -0.3 is 5.32 Å². The van der Waals surface area contributed by atoms with Crippen molar-refractivity contribution in [2.45, 2.75) is 13.3 Å². The maximum atomic E-state index is 10.8. The Labute approximate surface area is 66.9 Å². The van der Waals surface area contributed by atoms with E-state index in [0.29, 0.717) is 0 Å². The Bertz CT molecular complexity index is 223. The Kier molecular flexibility index (Phi) is 2.78. The van der Waals surface area contributed by atoms with Crippen LogP contribution < -0.4 is 5.32 Å². The smallest absolute Gasteiger partial charge is 0.180 e. The van der Waals surface area contributed by atoms with Crippen LogP contribution in [0.5, 0.6) is 5.75 Å². The standard InChI is InChI=1S/C9H12NO/c1-2-6-10-8-4-3-5-9(11)7-8/h3-5,7,10H,2,6H2,1H3. The lowest BCUT2D eigenvalue weighted by atomic mass is 10.3. The first kappa shape index (κ1) is 7.92. The summed E-state index contributed by atoms with van der Waals surface area (Å²) in [5.74, 6) is 0.0612. The largest absolute Gasteiger partial charge is 0.385 e. The summed E-state index contributed by atoms with van der Waals surface area (Å²) in [6.07, 6.45) is 1.07. The molecule has 0 heterocycles. The highest BCUT2D eigenvalue weighted by Crippen LogP contribution is 2.15. The maximum absolute atomic E-state index is 10.8. The van der Waals surface area contributed by atoms with Crippen molar-refractivity contribution < 1.29 is 5.11 Å². The van der Waals surface area contributed by atoms with Crippen LogP contribution in [0.3, 0.4) is 0 Å². The molecule has 2 heteroatoms. The number of hydrogen-bond donors (Lipinski definition) is 1. The minimum absolute atomic E-state index is 0.0612. The van der Waals surface area contributed by atoms with Gasteiger partial charge in [0.25, 0.3) is 0 Å². The van der Waals surface area contributed by atoms with Crippen molar-refractivity contribution in [2.75, 3.05) is 11.9 Å². The van der Waals surface area contributed by atoms with Gasteiger partial charge in [0.2, 0.25) is 0 Å². The van der Waals surface area contributed by atoms with Crippen molar-refractivity contribution >= 4 is 5.69 Å². The molecule has 2 nitrogen and oxygen atoms in total. The zero-order valence-electron chi connectivity index (χ0n) is 6.63. The van der Waals surface area contributed by atoms with Gasteiger partial charge in [-0.25, -0.2) is 0 Å². The second-order valence-electron chi connectivity index (χ2n) is 2.45. The third kappa shape index (κ3) is 2.50. The zero-order valence-corrected chi connectivity index (χ0v) is 6.63. The van der Waals surface area contributed by atoms with Gasteiger partial charge in [-0.1, -0.05) is 13.0 Å². The maximum Gasteiger partial charge on any atom is 0.180 e. The number of nitrogens with one attached hydrogen (secondary N) is 1. The van der Waals surface area contributed by atoms with E-state index in [4.69, 9.17) is 0 Å². The van der Waals surface area contributed by atoms with E-state index in [9.17, 15) is 5.11 Å². The quantitative estimate of drug-likeness (QED) is 0.705. The van der Waals surface area contributed by atoms with Crippen LogP contribution in [-0.4, -0.2) is 6.54 Å². The van der Waals surface area contributed by atoms with E-state index in [0.717, 1.165) is 18.7 Å². The van der Waals surface area contributed by atoms with Crippen molar-refractivity contribution in [1.82, 2.24) is 0 Å². The van der Waals surface area contributed by atoms with Crippen molar-refractivity contribution in [3.8, 4) is 5.75 Å². The van der Waals surface area contributed by atoms with Crippen molar-refractivity contribution in [3.63, 3.8) is 0 Å². The van der Waals surface area contributed by atoms with Gasteiger partial charge in [-0.2, -0.15) is 0 Å². The molecule has 1 rings (SSSR count). The fraction of sp³-hybridized carbons (Fsp3) is 0.333. The summed E-state index contributed by atoms with van der Waals surface area (Å²) in [5, 5.41) is 13.9. The molecule has 0 aliphatic heterocycles. The van der Waals surface area contributed by atoms with Crippen LogP contribution in [-0.2, 0) is 5.11 Å². The Morgan fingerprint density at radius 2 is 2.27 bits per heavy atom. The molecule has 11 heavy (non-hydrogen) atoms. The predicted molar refractivity (Wildman–Crippen MR) is 45.4 cm³/mol.